The summed E-state index contributed by atoms with van der Waals surface area (Å²) in [5.74, 6) is 0. The molecule has 1 aromatic rings. The Morgan fingerprint density at radius 1 is 1.43 bits per heavy atom. The Labute approximate surface area is 87.9 Å². The van der Waals surface area contributed by atoms with Crippen molar-refractivity contribution in [1.82, 2.24) is 0 Å². The van der Waals surface area contributed by atoms with Gasteiger partial charge in [-0.25, -0.2) is 0 Å². The molecule has 0 unspecified atom stereocenters. The van der Waals surface area contributed by atoms with Crippen LogP contribution in [0.25, 0.3) is 0 Å². The number of hydrogen-bond acceptors (Lipinski definition) is 3. The second-order valence-electron chi connectivity index (χ2n) is 2.61. The molecule has 1 rings (SSSR count). The molecule has 0 fully saturated rings. The fourth-order valence-corrected chi connectivity index (χ4v) is 1.90. The van der Waals surface area contributed by atoms with Crippen molar-refractivity contribution in [2.24, 2.45) is 0 Å². The molecular weight excluding hydrogens is 247 g/mol. The van der Waals surface area contributed by atoms with E-state index in [2.05, 4.69) is 4.97 Å². The van der Waals surface area contributed by atoms with Crippen molar-refractivity contribution in [3.63, 3.8) is 0 Å². The molecule has 0 aliphatic carbocycles. The van der Waals surface area contributed by atoms with Crippen LogP contribution >= 0.6 is 0 Å². The summed E-state index contributed by atoms with van der Waals surface area (Å²) in [6.07, 6.45) is 0.825. The molecule has 0 bridgehead atoms. The van der Waals surface area contributed by atoms with E-state index in [0.29, 0.717) is 0 Å². The zero-order valence-electron chi connectivity index (χ0n) is 7.34. The SMILES string of the molecule is N#C[Se]CCc1ccc([N+](=O)[O-])cc1. The molecule has 0 aliphatic rings. The van der Waals surface area contributed by atoms with E-state index >= 15 is 0 Å². The number of nitrogens with zero attached hydrogens (tertiary/aromatic N) is 2. The van der Waals surface area contributed by atoms with Crippen LogP contribution in [0.4, 0.5) is 5.69 Å². The molecule has 0 amide bonds. The summed E-state index contributed by atoms with van der Waals surface area (Å²) >= 11 is 0.0295. The van der Waals surface area contributed by atoms with Gasteiger partial charge in [-0.3, -0.25) is 0 Å². The molecule has 14 heavy (non-hydrogen) atoms. The predicted octanol–water partition coefficient (Wildman–Crippen LogP) is 1.74. The van der Waals surface area contributed by atoms with Crippen LogP contribution in [0.15, 0.2) is 24.3 Å². The first-order chi connectivity index (χ1) is 6.74. The normalized spacial score (nSPS) is 9.36. The van der Waals surface area contributed by atoms with Gasteiger partial charge in [-0.05, 0) is 0 Å². The van der Waals surface area contributed by atoms with Crippen molar-refractivity contribution < 1.29 is 4.92 Å². The van der Waals surface area contributed by atoms with E-state index in [0.717, 1.165) is 17.3 Å². The second kappa shape index (κ2) is 5.38. The second-order valence-corrected chi connectivity index (χ2v) is 4.46. The van der Waals surface area contributed by atoms with Crippen molar-refractivity contribution in [3.05, 3.63) is 39.9 Å². The molecule has 0 saturated heterocycles. The van der Waals surface area contributed by atoms with Gasteiger partial charge in [0, 0.05) is 0 Å². The van der Waals surface area contributed by atoms with E-state index in [4.69, 9.17) is 5.26 Å². The molecule has 0 N–H and O–H groups in total. The molecule has 0 saturated carbocycles. The van der Waals surface area contributed by atoms with Crippen LogP contribution in [-0.2, 0) is 6.42 Å². The van der Waals surface area contributed by atoms with Crippen LogP contribution in [0.5, 0.6) is 0 Å². The van der Waals surface area contributed by atoms with Gasteiger partial charge < -0.3 is 0 Å². The first-order valence-electron chi connectivity index (χ1n) is 3.98. The Morgan fingerprint density at radius 3 is 2.57 bits per heavy atom. The number of aryl methyl sites for hydroxylation is 1. The average molecular weight is 255 g/mol. The van der Waals surface area contributed by atoms with Gasteiger partial charge in [0.15, 0.2) is 0 Å². The Morgan fingerprint density at radius 2 is 2.07 bits per heavy atom. The van der Waals surface area contributed by atoms with Gasteiger partial charge in [0.05, 0.1) is 0 Å². The molecule has 0 heterocycles. The van der Waals surface area contributed by atoms with E-state index < -0.39 is 4.92 Å². The zero-order chi connectivity index (χ0) is 10.4. The molecule has 0 radical (unpaired) electrons. The van der Waals surface area contributed by atoms with E-state index in [9.17, 15) is 10.1 Å². The number of nitro benzene ring substituents is 1. The van der Waals surface area contributed by atoms with Gasteiger partial charge >= 0.3 is 87.5 Å². The number of non-ortho nitro benzene ring substituents is 1. The van der Waals surface area contributed by atoms with Gasteiger partial charge in [0.2, 0.25) is 0 Å². The first-order valence-corrected chi connectivity index (χ1v) is 6.05. The molecule has 0 aliphatic heterocycles. The van der Waals surface area contributed by atoms with E-state index in [1.807, 2.05) is 0 Å². The zero-order valence-corrected chi connectivity index (χ0v) is 9.06. The Balaban J connectivity index is 2.56. The van der Waals surface area contributed by atoms with E-state index in [1.54, 1.807) is 12.1 Å². The van der Waals surface area contributed by atoms with Crippen molar-refractivity contribution in [3.8, 4) is 4.97 Å². The third kappa shape index (κ3) is 3.17. The number of benzene rings is 1. The Kier molecular flexibility index (Phi) is 4.11. The standard InChI is InChI=1S/C9H8N2O2Se/c10-7-14-6-5-8-1-3-9(4-2-8)11(12)13/h1-4H,5-6H2. The summed E-state index contributed by atoms with van der Waals surface area (Å²) in [5, 5.41) is 19.6. The van der Waals surface area contributed by atoms with Crippen molar-refractivity contribution in [2.45, 2.75) is 11.7 Å². The molecule has 4 nitrogen and oxygen atoms in total. The third-order valence-corrected chi connectivity index (χ3v) is 2.83. The van der Waals surface area contributed by atoms with Gasteiger partial charge in [-0.1, -0.05) is 0 Å². The average Bonchev–Trinajstić information content (AvgIpc) is 2.19. The molecule has 1 aromatic carbocycles. The van der Waals surface area contributed by atoms with Crippen LogP contribution < -0.4 is 0 Å². The summed E-state index contributed by atoms with van der Waals surface area (Å²) in [4.78, 5) is 12.0. The molecule has 72 valence electrons. The van der Waals surface area contributed by atoms with Crippen LogP contribution in [-0.4, -0.2) is 19.9 Å². The van der Waals surface area contributed by atoms with Gasteiger partial charge in [0.25, 0.3) is 0 Å². The van der Waals surface area contributed by atoms with Crippen LogP contribution in [0.2, 0.25) is 5.32 Å². The predicted molar refractivity (Wildman–Crippen MR) is 53.0 cm³/mol. The maximum atomic E-state index is 10.3. The van der Waals surface area contributed by atoms with E-state index in [1.165, 1.54) is 12.1 Å². The third-order valence-electron chi connectivity index (χ3n) is 1.70. The first kappa shape index (κ1) is 10.7. The summed E-state index contributed by atoms with van der Waals surface area (Å²) in [6, 6.07) is 6.47. The number of nitro groups is 1. The summed E-state index contributed by atoms with van der Waals surface area (Å²) < 4.78 is 0. The molecule has 0 aromatic heterocycles. The van der Waals surface area contributed by atoms with Gasteiger partial charge in [0.1, 0.15) is 0 Å². The number of nitriles is 1. The maximum absolute atomic E-state index is 10.3. The van der Waals surface area contributed by atoms with Crippen molar-refractivity contribution in [1.29, 1.82) is 5.26 Å². The van der Waals surface area contributed by atoms with Crippen molar-refractivity contribution in [2.75, 3.05) is 0 Å². The number of hydrogen-bond donors (Lipinski definition) is 0. The van der Waals surface area contributed by atoms with Crippen LogP contribution in [0.3, 0.4) is 0 Å². The summed E-state index contributed by atoms with van der Waals surface area (Å²) in [6.45, 7) is 0. The number of rotatable bonds is 4. The molecule has 0 atom stereocenters. The Hall–Kier alpha value is -1.37. The van der Waals surface area contributed by atoms with Gasteiger partial charge in [-0.15, -0.1) is 0 Å². The molecular formula is C9H8N2O2Se. The summed E-state index contributed by atoms with van der Waals surface area (Å²) in [7, 11) is 0. The fourth-order valence-electron chi connectivity index (χ4n) is 0.999. The Bertz CT molecular complexity index is 356. The van der Waals surface area contributed by atoms with E-state index in [-0.39, 0.29) is 20.6 Å². The summed E-state index contributed by atoms with van der Waals surface area (Å²) in [5.41, 5.74) is 1.16. The topological polar surface area (TPSA) is 66.9 Å². The fraction of sp³-hybridized carbons (Fsp3) is 0.222. The molecule has 5 heteroatoms. The monoisotopic (exact) mass is 256 g/mol. The minimum atomic E-state index is -0.414. The van der Waals surface area contributed by atoms with Crippen LogP contribution in [0, 0.1) is 20.3 Å². The quantitative estimate of drug-likeness (QED) is 0.356. The molecule has 0 spiro atoms. The van der Waals surface area contributed by atoms with Crippen molar-refractivity contribution >= 4 is 20.6 Å². The van der Waals surface area contributed by atoms with Gasteiger partial charge in [-0.2, -0.15) is 0 Å². The minimum absolute atomic E-state index is 0.0295. The van der Waals surface area contributed by atoms with Crippen LogP contribution in [0.1, 0.15) is 5.56 Å².